The molecule has 1 fully saturated rings. The first-order chi connectivity index (χ1) is 6.95. The van der Waals surface area contributed by atoms with Gasteiger partial charge in [-0.05, 0) is 19.3 Å². The van der Waals surface area contributed by atoms with Crippen molar-refractivity contribution in [1.82, 2.24) is 4.90 Å². The van der Waals surface area contributed by atoms with Crippen LogP contribution >= 0.6 is 0 Å². The van der Waals surface area contributed by atoms with E-state index in [1.807, 2.05) is 4.90 Å². The number of likely N-dealkylation sites (tertiary alicyclic amines) is 1. The molecule has 0 aromatic heterocycles. The van der Waals surface area contributed by atoms with Crippen molar-refractivity contribution in [3.05, 3.63) is 12.3 Å². The summed E-state index contributed by atoms with van der Waals surface area (Å²) in [6.45, 7) is 7.39. The number of primary sulfonamides is 1. The molecular formula is C10H20N2O2S. The summed E-state index contributed by atoms with van der Waals surface area (Å²) in [6.07, 6.45) is 3.82. The number of nitrogens with zero attached hydrogens (tertiary/aromatic N) is 1. The molecule has 0 aromatic carbocycles. The number of nitrogens with two attached hydrogens (primary N) is 1. The average Bonchev–Trinajstić information content (AvgIpc) is 2.62. The third kappa shape index (κ3) is 3.50. The highest BCUT2D eigenvalue weighted by Gasteiger charge is 2.30. The number of hydrogen-bond acceptors (Lipinski definition) is 3. The van der Waals surface area contributed by atoms with Crippen molar-refractivity contribution in [3.63, 3.8) is 0 Å². The van der Waals surface area contributed by atoms with E-state index >= 15 is 0 Å². The van der Waals surface area contributed by atoms with Crippen molar-refractivity contribution in [3.8, 4) is 0 Å². The molecule has 0 bridgehead atoms. The van der Waals surface area contributed by atoms with Gasteiger partial charge in [0.1, 0.15) is 0 Å². The molecule has 0 spiro atoms. The Morgan fingerprint density at radius 2 is 2.27 bits per heavy atom. The van der Waals surface area contributed by atoms with Crippen LogP contribution in [0.3, 0.4) is 0 Å². The maximum absolute atomic E-state index is 11.1. The van der Waals surface area contributed by atoms with Crippen molar-refractivity contribution in [2.45, 2.75) is 37.9 Å². The van der Waals surface area contributed by atoms with Crippen molar-refractivity contribution in [1.29, 1.82) is 0 Å². The number of hydrogen-bond donors (Lipinski definition) is 1. The van der Waals surface area contributed by atoms with Gasteiger partial charge in [-0.2, -0.15) is 0 Å². The Bertz CT molecular complexity index is 324. The number of allylic oxidation sites excluding steroid dienone is 1. The van der Waals surface area contributed by atoms with Crippen LogP contribution in [0.2, 0.25) is 0 Å². The molecule has 0 aliphatic carbocycles. The quantitative estimate of drug-likeness (QED) is 0.770. The normalized spacial score (nSPS) is 22.0. The van der Waals surface area contributed by atoms with Gasteiger partial charge in [-0.25, -0.2) is 13.6 Å². The van der Waals surface area contributed by atoms with Crippen LogP contribution in [0.4, 0.5) is 0 Å². The average molecular weight is 232 g/mol. The monoisotopic (exact) mass is 232 g/mol. The minimum atomic E-state index is -3.37. The van der Waals surface area contributed by atoms with Crippen LogP contribution in [0.5, 0.6) is 0 Å². The standard InChI is InChI=1S/C10H20N2O2S/c1-3-4-5-9(2)12-7-6-10(8-12)15(11,13)14/h10H,2-8H2,1H3,(H2,11,13,14). The highest BCUT2D eigenvalue weighted by atomic mass is 32.2. The van der Waals surface area contributed by atoms with Crippen molar-refractivity contribution >= 4 is 10.0 Å². The Labute approximate surface area is 92.2 Å². The zero-order chi connectivity index (χ0) is 11.5. The van der Waals surface area contributed by atoms with Crippen LogP contribution in [-0.2, 0) is 10.0 Å². The Morgan fingerprint density at radius 1 is 1.60 bits per heavy atom. The summed E-state index contributed by atoms with van der Waals surface area (Å²) in [5.41, 5.74) is 1.04. The van der Waals surface area contributed by atoms with Crippen LogP contribution in [0.15, 0.2) is 12.3 Å². The van der Waals surface area contributed by atoms with E-state index in [1.165, 1.54) is 0 Å². The van der Waals surface area contributed by atoms with Gasteiger partial charge in [0.05, 0.1) is 5.25 Å². The molecule has 1 aliphatic rings. The highest BCUT2D eigenvalue weighted by molar-refractivity contribution is 7.89. The van der Waals surface area contributed by atoms with E-state index in [9.17, 15) is 8.42 Å². The molecule has 0 aromatic rings. The molecule has 5 heteroatoms. The van der Waals surface area contributed by atoms with Crippen LogP contribution < -0.4 is 5.14 Å². The Kier molecular flexibility index (Phi) is 4.16. The van der Waals surface area contributed by atoms with Gasteiger partial charge in [0.2, 0.25) is 10.0 Å². The van der Waals surface area contributed by atoms with Gasteiger partial charge in [-0.15, -0.1) is 0 Å². The lowest BCUT2D eigenvalue weighted by molar-refractivity contribution is 0.406. The molecule has 1 saturated heterocycles. The van der Waals surface area contributed by atoms with Crippen molar-refractivity contribution in [2.24, 2.45) is 5.14 Å². The number of sulfonamides is 1. The lowest BCUT2D eigenvalue weighted by Gasteiger charge is -2.20. The van der Waals surface area contributed by atoms with Gasteiger partial charge in [0.25, 0.3) is 0 Å². The third-order valence-electron chi connectivity index (χ3n) is 2.88. The maximum Gasteiger partial charge on any atom is 0.213 e. The fourth-order valence-electron chi connectivity index (χ4n) is 1.82. The maximum atomic E-state index is 11.1. The fourth-order valence-corrected chi connectivity index (χ4v) is 2.64. The summed E-state index contributed by atoms with van der Waals surface area (Å²) in [7, 11) is -3.37. The molecule has 1 aliphatic heterocycles. The minimum Gasteiger partial charge on any atom is -0.374 e. The predicted octanol–water partition coefficient (Wildman–Crippen LogP) is 1.05. The molecular weight excluding hydrogens is 212 g/mol. The van der Waals surface area contributed by atoms with Crippen molar-refractivity contribution in [2.75, 3.05) is 13.1 Å². The second-order valence-electron chi connectivity index (χ2n) is 4.12. The minimum absolute atomic E-state index is 0.407. The molecule has 1 rings (SSSR count). The molecule has 0 amide bonds. The largest absolute Gasteiger partial charge is 0.374 e. The van der Waals surface area contributed by atoms with Gasteiger partial charge >= 0.3 is 0 Å². The van der Waals surface area contributed by atoms with Gasteiger partial charge in [-0.1, -0.05) is 19.9 Å². The summed E-state index contributed by atoms with van der Waals surface area (Å²) in [5.74, 6) is 0. The highest BCUT2D eigenvalue weighted by Crippen LogP contribution is 2.21. The lowest BCUT2D eigenvalue weighted by atomic mass is 10.2. The van der Waals surface area contributed by atoms with Crippen LogP contribution in [0, 0.1) is 0 Å². The fraction of sp³-hybridized carbons (Fsp3) is 0.800. The molecule has 88 valence electrons. The van der Waals surface area contributed by atoms with E-state index in [4.69, 9.17) is 5.14 Å². The molecule has 0 saturated carbocycles. The Balaban J connectivity index is 2.46. The number of rotatable bonds is 5. The first kappa shape index (κ1) is 12.5. The summed E-state index contributed by atoms with van der Waals surface area (Å²) >= 11 is 0. The van der Waals surface area contributed by atoms with E-state index < -0.39 is 15.3 Å². The molecule has 1 atom stereocenters. The number of unbranched alkanes of at least 4 members (excludes halogenated alkanes) is 1. The Hall–Kier alpha value is -0.550. The second kappa shape index (κ2) is 4.99. The molecule has 2 N–H and O–H groups in total. The van der Waals surface area contributed by atoms with Crippen molar-refractivity contribution < 1.29 is 8.42 Å². The zero-order valence-corrected chi connectivity index (χ0v) is 10.1. The summed E-state index contributed by atoms with van der Waals surface area (Å²) < 4.78 is 22.3. The van der Waals surface area contributed by atoms with Crippen LogP contribution in [-0.4, -0.2) is 31.7 Å². The van der Waals surface area contributed by atoms with E-state index in [0.717, 1.165) is 31.5 Å². The SMILES string of the molecule is C=C(CCCC)N1CCC(S(N)(=O)=O)C1. The molecule has 15 heavy (non-hydrogen) atoms. The van der Waals surface area contributed by atoms with Crippen LogP contribution in [0.1, 0.15) is 32.6 Å². The second-order valence-corrected chi connectivity index (χ2v) is 5.96. The van der Waals surface area contributed by atoms with E-state index in [1.54, 1.807) is 0 Å². The first-order valence-electron chi connectivity index (χ1n) is 5.39. The molecule has 1 heterocycles. The molecule has 4 nitrogen and oxygen atoms in total. The van der Waals surface area contributed by atoms with Gasteiger partial charge in [-0.3, -0.25) is 0 Å². The summed E-state index contributed by atoms with van der Waals surface area (Å²) in [5, 5.41) is 4.71. The predicted molar refractivity (Wildman–Crippen MR) is 61.8 cm³/mol. The third-order valence-corrected chi connectivity index (χ3v) is 4.19. The molecule has 1 unspecified atom stereocenters. The van der Waals surface area contributed by atoms with E-state index in [2.05, 4.69) is 13.5 Å². The van der Waals surface area contributed by atoms with Gasteiger partial charge < -0.3 is 4.90 Å². The van der Waals surface area contributed by atoms with Crippen LogP contribution in [0.25, 0.3) is 0 Å². The Morgan fingerprint density at radius 3 is 2.73 bits per heavy atom. The van der Waals surface area contributed by atoms with E-state index in [0.29, 0.717) is 13.0 Å². The molecule has 0 radical (unpaired) electrons. The zero-order valence-electron chi connectivity index (χ0n) is 9.28. The lowest BCUT2D eigenvalue weighted by Crippen LogP contribution is -2.31. The summed E-state index contributed by atoms with van der Waals surface area (Å²) in [4.78, 5) is 2.05. The van der Waals surface area contributed by atoms with Gasteiger partial charge in [0.15, 0.2) is 0 Å². The summed E-state index contributed by atoms with van der Waals surface area (Å²) in [6, 6.07) is 0. The van der Waals surface area contributed by atoms with Gasteiger partial charge in [0, 0.05) is 18.8 Å². The smallest absolute Gasteiger partial charge is 0.213 e. The van der Waals surface area contributed by atoms with E-state index in [-0.39, 0.29) is 0 Å². The topological polar surface area (TPSA) is 63.4 Å². The first-order valence-corrected chi connectivity index (χ1v) is 7.00.